The Morgan fingerprint density at radius 1 is 1.26 bits per heavy atom. The smallest absolute Gasteiger partial charge is 0.265 e. The van der Waals surface area contributed by atoms with Gasteiger partial charge >= 0.3 is 0 Å². The van der Waals surface area contributed by atoms with Crippen LogP contribution in [0.25, 0.3) is 0 Å². The van der Waals surface area contributed by atoms with Crippen molar-refractivity contribution in [3.63, 3.8) is 0 Å². The second-order valence-electron chi connectivity index (χ2n) is 4.22. The van der Waals surface area contributed by atoms with Crippen molar-refractivity contribution in [3.8, 4) is 0 Å². The average molecular weight is 293 g/mol. The lowest BCUT2D eigenvalue weighted by Crippen LogP contribution is -2.30. The number of thiophene rings is 1. The number of carbonyl (C=O) groups excluding carboxylic acids is 1. The summed E-state index contributed by atoms with van der Waals surface area (Å²) in [4.78, 5) is 14.9. The second kappa shape index (κ2) is 5.35. The van der Waals surface area contributed by atoms with Gasteiger partial charge in [-0.25, -0.2) is 4.39 Å². The summed E-state index contributed by atoms with van der Waals surface area (Å²) in [5.74, 6) is 0.593. The van der Waals surface area contributed by atoms with Crippen LogP contribution in [0.2, 0.25) is 0 Å². The Bertz CT molecular complexity index is 585. The fourth-order valence-electron chi connectivity index (χ4n) is 2.15. The number of amides is 1. The molecule has 1 aromatic carbocycles. The maximum Gasteiger partial charge on any atom is 0.265 e. The van der Waals surface area contributed by atoms with Gasteiger partial charge < -0.3 is 4.90 Å². The minimum absolute atomic E-state index is 0.00625. The van der Waals surface area contributed by atoms with Crippen LogP contribution in [0, 0.1) is 5.82 Å². The summed E-state index contributed by atoms with van der Waals surface area (Å²) in [6.07, 6.45) is 0. The van der Waals surface area contributed by atoms with Crippen LogP contribution in [0.1, 0.15) is 20.6 Å². The molecule has 3 rings (SSSR count). The quantitative estimate of drug-likeness (QED) is 0.840. The number of nitrogens with zero attached hydrogens (tertiary/aromatic N) is 1. The van der Waals surface area contributed by atoms with Crippen molar-refractivity contribution in [1.82, 2.24) is 4.90 Å². The normalized spacial score (nSPS) is 18.8. The highest BCUT2D eigenvalue weighted by Crippen LogP contribution is 2.39. The lowest BCUT2D eigenvalue weighted by Gasteiger charge is -2.23. The van der Waals surface area contributed by atoms with Gasteiger partial charge in [0.1, 0.15) is 11.2 Å². The first-order valence-electron chi connectivity index (χ1n) is 5.98. The monoisotopic (exact) mass is 293 g/mol. The highest BCUT2D eigenvalue weighted by molar-refractivity contribution is 7.99. The first kappa shape index (κ1) is 12.7. The summed E-state index contributed by atoms with van der Waals surface area (Å²) in [5.41, 5.74) is 0.593. The molecule has 0 radical (unpaired) electrons. The van der Waals surface area contributed by atoms with Crippen molar-refractivity contribution in [2.24, 2.45) is 0 Å². The molecule has 5 heteroatoms. The number of halogens is 1. The van der Waals surface area contributed by atoms with Crippen molar-refractivity contribution >= 4 is 29.0 Å². The Morgan fingerprint density at radius 3 is 2.84 bits per heavy atom. The minimum Gasteiger partial charge on any atom is -0.321 e. The predicted octanol–water partition coefficient (Wildman–Crippen LogP) is 3.78. The first-order valence-corrected chi connectivity index (χ1v) is 7.91. The van der Waals surface area contributed by atoms with E-state index in [-0.39, 0.29) is 17.1 Å². The summed E-state index contributed by atoms with van der Waals surface area (Å²) >= 11 is 3.04. The molecule has 1 fully saturated rings. The number of hydrogen-bond donors (Lipinski definition) is 0. The van der Waals surface area contributed by atoms with Crippen molar-refractivity contribution in [3.05, 3.63) is 58.0 Å². The molecule has 2 aromatic rings. The molecule has 1 amide bonds. The van der Waals surface area contributed by atoms with E-state index in [0.717, 1.165) is 5.75 Å². The molecule has 2 heterocycles. The Kier molecular flexibility index (Phi) is 3.57. The van der Waals surface area contributed by atoms with Gasteiger partial charge in [-0.15, -0.1) is 23.1 Å². The molecule has 0 saturated carbocycles. The standard InChI is InChI=1S/C14H12FNOS2/c15-11-5-2-1-4-10(11)14-16(7-9-19-14)13(17)12-6-3-8-18-12/h1-6,8,14H,7,9H2/t14-/m1/s1. The molecule has 98 valence electrons. The van der Waals surface area contributed by atoms with E-state index < -0.39 is 0 Å². The van der Waals surface area contributed by atoms with E-state index in [0.29, 0.717) is 17.0 Å². The molecule has 1 aromatic heterocycles. The Morgan fingerprint density at radius 2 is 2.11 bits per heavy atom. The molecule has 2 nitrogen and oxygen atoms in total. The van der Waals surface area contributed by atoms with Crippen LogP contribution in [0.4, 0.5) is 4.39 Å². The van der Waals surface area contributed by atoms with Gasteiger partial charge in [-0.05, 0) is 17.5 Å². The third-order valence-corrected chi connectivity index (χ3v) is 5.16. The maximum atomic E-state index is 13.9. The molecule has 0 bridgehead atoms. The summed E-state index contributed by atoms with van der Waals surface area (Å²) in [6, 6.07) is 10.4. The second-order valence-corrected chi connectivity index (χ2v) is 6.36. The molecular weight excluding hydrogens is 281 g/mol. The summed E-state index contributed by atoms with van der Waals surface area (Å²) in [7, 11) is 0. The van der Waals surface area contributed by atoms with Gasteiger partial charge in [0.15, 0.2) is 0 Å². The average Bonchev–Trinajstić information content (AvgIpc) is 3.10. The topological polar surface area (TPSA) is 20.3 Å². The largest absolute Gasteiger partial charge is 0.321 e. The van der Waals surface area contributed by atoms with Crippen LogP contribution in [0.15, 0.2) is 41.8 Å². The SMILES string of the molecule is O=C(c1cccs1)N1CCS[C@@H]1c1ccccc1F. The Hall–Kier alpha value is -1.33. The van der Waals surface area contributed by atoms with Gasteiger partial charge in [-0.3, -0.25) is 4.79 Å². The summed E-state index contributed by atoms with van der Waals surface area (Å²) in [5, 5.41) is 1.67. The third kappa shape index (κ3) is 2.40. The van der Waals surface area contributed by atoms with Crippen molar-refractivity contribution in [2.45, 2.75) is 5.37 Å². The molecule has 19 heavy (non-hydrogen) atoms. The lowest BCUT2D eigenvalue weighted by molar-refractivity contribution is 0.0764. The predicted molar refractivity (Wildman–Crippen MR) is 77.0 cm³/mol. The Balaban J connectivity index is 1.90. The number of thioether (sulfide) groups is 1. The molecule has 0 spiro atoms. The van der Waals surface area contributed by atoms with E-state index in [1.54, 1.807) is 28.8 Å². The molecule has 1 aliphatic heterocycles. The van der Waals surface area contributed by atoms with E-state index in [9.17, 15) is 9.18 Å². The van der Waals surface area contributed by atoms with E-state index in [2.05, 4.69) is 0 Å². The molecule has 1 aliphatic rings. The van der Waals surface area contributed by atoms with Gasteiger partial charge in [0.05, 0.1) is 4.88 Å². The van der Waals surface area contributed by atoms with Crippen molar-refractivity contribution in [2.75, 3.05) is 12.3 Å². The van der Waals surface area contributed by atoms with Crippen LogP contribution < -0.4 is 0 Å². The van der Waals surface area contributed by atoms with E-state index in [4.69, 9.17) is 0 Å². The lowest BCUT2D eigenvalue weighted by atomic mass is 10.2. The highest BCUT2D eigenvalue weighted by Gasteiger charge is 2.33. The van der Waals surface area contributed by atoms with Crippen molar-refractivity contribution in [1.29, 1.82) is 0 Å². The molecule has 0 aliphatic carbocycles. The van der Waals surface area contributed by atoms with E-state index >= 15 is 0 Å². The van der Waals surface area contributed by atoms with E-state index in [1.165, 1.54) is 17.4 Å². The summed E-state index contributed by atoms with van der Waals surface area (Å²) in [6.45, 7) is 0.667. The molecular formula is C14H12FNOS2. The summed E-state index contributed by atoms with van der Waals surface area (Å²) < 4.78 is 13.9. The number of hydrogen-bond acceptors (Lipinski definition) is 3. The van der Waals surface area contributed by atoms with Crippen LogP contribution in [-0.2, 0) is 0 Å². The molecule has 0 N–H and O–H groups in total. The van der Waals surface area contributed by atoms with Crippen LogP contribution in [-0.4, -0.2) is 23.1 Å². The molecule has 1 atom stereocenters. The zero-order valence-corrected chi connectivity index (χ0v) is 11.7. The fourth-order valence-corrected chi connectivity index (χ4v) is 4.11. The highest BCUT2D eigenvalue weighted by atomic mass is 32.2. The van der Waals surface area contributed by atoms with Crippen molar-refractivity contribution < 1.29 is 9.18 Å². The zero-order valence-electron chi connectivity index (χ0n) is 10.1. The third-order valence-electron chi connectivity index (χ3n) is 3.06. The number of rotatable bonds is 2. The molecule has 1 saturated heterocycles. The van der Waals surface area contributed by atoms with E-state index in [1.807, 2.05) is 23.6 Å². The molecule has 0 unspecified atom stereocenters. The minimum atomic E-state index is -0.245. The van der Waals surface area contributed by atoms with Crippen LogP contribution in [0.3, 0.4) is 0 Å². The van der Waals surface area contributed by atoms with Gasteiger partial charge in [-0.2, -0.15) is 0 Å². The first-order chi connectivity index (χ1) is 9.27. The van der Waals surface area contributed by atoms with Crippen LogP contribution >= 0.6 is 23.1 Å². The number of benzene rings is 1. The van der Waals surface area contributed by atoms with Gasteiger partial charge in [0, 0.05) is 17.9 Å². The maximum absolute atomic E-state index is 13.9. The van der Waals surface area contributed by atoms with Gasteiger partial charge in [-0.1, -0.05) is 24.3 Å². The van der Waals surface area contributed by atoms with Crippen LogP contribution in [0.5, 0.6) is 0 Å². The zero-order chi connectivity index (χ0) is 13.2. The Labute approximate surface area is 119 Å². The van der Waals surface area contributed by atoms with Gasteiger partial charge in [0.25, 0.3) is 5.91 Å². The number of carbonyl (C=O) groups is 1. The van der Waals surface area contributed by atoms with Gasteiger partial charge in [0.2, 0.25) is 0 Å². The fraction of sp³-hybridized carbons (Fsp3) is 0.214.